The fourth-order valence-electron chi connectivity index (χ4n) is 4.52. The number of nitrogens with two attached hydrogens (primary N) is 1. The first kappa shape index (κ1) is 67.0. The summed E-state index contributed by atoms with van der Waals surface area (Å²) >= 11 is 3.86. The van der Waals surface area contributed by atoms with Gasteiger partial charge in [0.1, 0.15) is 18.7 Å². The van der Waals surface area contributed by atoms with Gasteiger partial charge in [-0.1, -0.05) is 55.8 Å². The van der Waals surface area contributed by atoms with E-state index in [0.29, 0.717) is 68.3 Å². The number of benzene rings is 2. The van der Waals surface area contributed by atoms with Gasteiger partial charge in [0, 0.05) is 77.1 Å². The van der Waals surface area contributed by atoms with Crippen molar-refractivity contribution in [2.75, 3.05) is 61.8 Å². The normalized spacial score (nSPS) is 14.8. The molecule has 1 fully saturated rings. The van der Waals surface area contributed by atoms with E-state index in [1.54, 1.807) is 51.5 Å². The molecule has 2 aromatic rings. The number of hydrogen-bond donors (Lipinski definition) is 2. The van der Waals surface area contributed by atoms with Crippen LogP contribution in [0.1, 0.15) is 65.5 Å². The van der Waals surface area contributed by atoms with Crippen LogP contribution in [0.2, 0.25) is 0 Å². The largest absolute Gasteiger partial charge is 2.00 e. The van der Waals surface area contributed by atoms with Crippen LogP contribution in [0.3, 0.4) is 0 Å². The van der Waals surface area contributed by atoms with Crippen molar-refractivity contribution < 1.29 is 81.0 Å². The first-order chi connectivity index (χ1) is 27.9. The zero-order valence-corrected chi connectivity index (χ0v) is 42.7. The van der Waals surface area contributed by atoms with Crippen LogP contribution in [0, 0.1) is 35.3 Å². The van der Waals surface area contributed by atoms with Crippen molar-refractivity contribution >= 4 is 59.2 Å². The van der Waals surface area contributed by atoms with Gasteiger partial charge in [-0.3, -0.25) is 21.2 Å². The minimum Gasteiger partial charge on any atom is -0.542 e. The van der Waals surface area contributed by atoms with Crippen LogP contribution in [0.15, 0.2) is 36.4 Å². The van der Waals surface area contributed by atoms with Gasteiger partial charge in [-0.25, -0.2) is 0 Å². The van der Waals surface area contributed by atoms with Gasteiger partial charge in [-0.15, -0.1) is 0 Å². The number of carbonyl (C=O) groups is 3. The summed E-state index contributed by atoms with van der Waals surface area (Å²) in [5.41, 5.74) is 7.11. The second-order valence-corrected chi connectivity index (χ2v) is 15.0. The van der Waals surface area contributed by atoms with E-state index < -0.39 is 17.3 Å². The molecule has 1 amide bonds. The molecule has 0 radical (unpaired) electrons. The Morgan fingerprint density at radius 2 is 1.54 bits per heavy atom. The third-order valence-electron chi connectivity index (χ3n) is 7.14. The zero-order chi connectivity index (χ0) is 46.0. The summed E-state index contributed by atoms with van der Waals surface area (Å²) in [4.78, 5) is 51.7. The maximum absolute atomic E-state index is 11.3. The van der Waals surface area contributed by atoms with E-state index >= 15 is 0 Å². The van der Waals surface area contributed by atoms with E-state index in [1.807, 2.05) is 13.0 Å². The molecule has 0 bridgehead atoms. The first-order valence-electron chi connectivity index (χ1n) is 18.1. The third-order valence-corrected chi connectivity index (χ3v) is 8.28. The minimum atomic E-state index is -0.697. The molecule has 0 spiro atoms. The van der Waals surface area contributed by atoms with Crippen molar-refractivity contribution in [1.82, 2.24) is 4.90 Å². The monoisotopic (exact) mass is 1130 g/mol. The summed E-state index contributed by atoms with van der Waals surface area (Å²) in [6.45, 7) is 15.6. The predicted molar refractivity (Wildman–Crippen MR) is 238 cm³/mol. The molecule has 20 heteroatoms. The summed E-state index contributed by atoms with van der Waals surface area (Å²) in [5.74, 6) is 0.787. The smallest absolute Gasteiger partial charge is 0.542 e. The van der Waals surface area contributed by atoms with Crippen molar-refractivity contribution in [2.45, 2.75) is 85.1 Å². The Labute approximate surface area is 389 Å². The Morgan fingerprint density at radius 3 is 2.02 bits per heavy atom. The number of halogens is 1. The molecular weight excluding hydrogens is 1060 g/mol. The Balaban J connectivity index is -0.000000304. The van der Waals surface area contributed by atoms with Crippen LogP contribution in [0.4, 0.5) is 5.69 Å². The third kappa shape index (κ3) is 32.3. The average Bonchev–Trinajstić information content (AvgIpc) is 3.20. The van der Waals surface area contributed by atoms with Crippen molar-refractivity contribution in [3.63, 3.8) is 0 Å². The molecule has 0 saturated carbocycles. The fraction of sp³-hybridized carbons (Fsp3) is 0.585. The number of amides is 1. The van der Waals surface area contributed by atoms with Gasteiger partial charge in [0.2, 0.25) is 18.4 Å². The topological polar surface area (TPSA) is 226 Å². The van der Waals surface area contributed by atoms with E-state index in [4.69, 9.17) is 47.7 Å². The van der Waals surface area contributed by atoms with Crippen molar-refractivity contribution in [3.8, 4) is 17.2 Å². The Morgan fingerprint density at radius 1 is 1.02 bits per heavy atom. The van der Waals surface area contributed by atoms with Crippen LogP contribution in [0.25, 0.3) is 0 Å². The minimum absolute atomic E-state index is 0. The summed E-state index contributed by atoms with van der Waals surface area (Å²) in [7, 11) is 7.60. The van der Waals surface area contributed by atoms with Gasteiger partial charge < -0.3 is 69.6 Å². The van der Waals surface area contributed by atoms with E-state index in [9.17, 15) is 19.7 Å². The average molecular weight is 1130 g/mol. The molecule has 3 N–H and O–H groups in total. The van der Waals surface area contributed by atoms with Crippen molar-refractivity contribution in [1.29, 1.82) is 0 Å². The first-order valence-corrected chi connectivity index (χ1v) is 19.9. The molecule has 352 valence electrons. The SMILES string of the molecule is CC=O.CN(C=O)CC(C)(C)COCC(C)(C)CN.CO.COC.COC1CC(C=O)OC(Oc2ccc(C)cc2OSOc2ccc(CBr)cc2[N+](=O)[O-])C1.C[C-]=O.[CH3-].[Os+2]. The number of aldehydes is 2. The van der Waals surface area contributed by atoms with Crippen LogP contribution in [0.5, 0.6) is 17.2 Å². The molecule has 61 heavy (non-hydrogen) atoms. The molecule has 3 rings (SSSR count). The van der Waals surface area contributed by atoms with Crippen molar-refractivity contribution in [2.24, 2.45) is 16.6 Å². The van der Waals surface area contributed by atoms with Crippen molar-refractivity contribution in [3.05, 3.63) is 65.1 Å². The molecule has 0 aliphatic carbocycles. The summed E-state index contributed by atoms with van der Waals surface area (Å²) in [6, 6.07) is 9.96. The molecule has 17 nitrogen and oxygen atoms in total. The molecular formula is C41H68BrN3O14OsS. The van der Waals surface area contributed by atoms with Crippen LogP contribution >= 0.6 is 28.3 Å². The second-order valence-electron chi connectivity index (χ2n) is 14.0. The number of nitro benzene ring substituents is 1. The number of nitro groups is 1. The molecule has 1 aliphatic rings. The zero-order valence-electron chi connectivity index (χ0n) is 37.7. The predicted octanol–water partition coefficient (Wildman–Crippen LogP) is 6.66. The summed E-state index contributed by atoms with van der Waals surface area (Å²) in [6.07, 6.45) is 3.25. The Kier molecular flexibility index (Phi) is 43.7. The van der Waals surface area contributed by atoms with E-state index in [1.165, 1.54) is 32.3 Å². The maximum atomic E-state index is 11.3. The van der Waals surface area contributed by atoms with E-state index in [-0.39, 0.29) is 55.6 Å². The number of methoxy groups -OCH3 is 2. The molecule has 0 aromatic heterocycles. The standard InChI is InChI=1S/C21H22BrNO8S.C12H26N2O2.C2H6O.C2H4O.C2H3O.CH4O.CH3.Os/c1-13-3-5-19(29-21-10-15(27-2)9-16(12-24)28-21)20(7-13)31-32-30-18-6-4-14(11-22)8-17(18)23(25)26;1-11(2,6-13)8-16-9-12(3,4)7-14(5)10-15;1-3-2;2*1-2-3;1-2;;/h3-8,12,15-16,21H,9-11H2,1-2H3;10H,6-9,13H2,1-5H3;1-2H3;2H,1H3;1H3;2H,1H3;1H3;/q;;;;-1;;-1;+2. The van der Waals surface area contributed by atoms with E-state index in [2.05, 4.69) is 48.4 Å². The maximum Gasteiger partial charge on any atom is 2.00 e. The quantitative estimate of drug-likeness (QED) is 0.0398. The number of aliphatic hydroxyl groups excluding tert-OH is 1. The molecule has 1 aliphatic heterocycles. The summed E-state index contributed by atoms with van der Waals surface area (Å²) in [5, 5.41) is 18.8. The number of ether oxygens (including phenoxy) is 5. The number of rotatable bonds is 18. The molecule has 2 aromatic carbocycles. The van der Waals surface area contributed by atoms with Crippen LogP contribution in [-0.2, 0) is 63.2 Å². The van der Waals surface area contributed by atoms with Crippen LogP contribution < -0.4 is 18.8 Å². The number of nitrogens with zero attached hydrogens (tertiary/aromatic N) is 2. The molecule has 3 atom stereocenters. The fourth-order valence-corrected chi connectivity index (χ4v) is 5.32. The number of aryl methyl sites for hydroxylation is 1. The Hall–Kier alpha value is -3.05. The Bertz CT molecular complexity index is 1460. The van der Waals surface area contributed by atoms with Gasteiger partial charge in [-0.2, -0.15) is 6.92 Å². The number of aliphatic hydroxyl groups is 1. The molecule has 3 unspecified atom stereocenters. The van der Waals surface area contributed by atoms with Crippen LogP contribution in [-0.4, -0.2) is 120 Å². The summed E-state index contributed by atoms with van der Waals surface area (Å²) < 4.78 is 38.0. The molecule has 1 heterocycles. The molecule has 1 saturated heterocycles. The number of alkyl halides is 1. The van der Waals surface area contributed by atoms with Gasteiger partial charge in [0.15, 0.2) is 11.5 Å². The number of carbonyl (C=O) groups excluding carboxylic acids is 4. The van der Waals surface area contributed by atoms with Gasteiger partial charge in [0.25, 0.3) is 12.3 Å². The van der Waals surface area contributed by atoms with Gasteiger partial charge in [0.05, 0.1) is 24.2 Å². The second kappa shape index (κ2) is 39.8. The van der Waals surface area contributed by atoms with Gasteiger partial charge in [-0.05, 0) is 49.7 Å². The van der Waals surface area contributed by atoms with E-state index in [0.717, 1.165) is 37.2 Å². The van der Waals surface area contributed by atoms with Gasteiger partial charge >= 0.3 is 25.5 Å². The number of hydrogen-bond acceptors (Lipinski definition) is 16.